The molecule has 0 aliphatic heterocycles. The Morgan fingerprint density at radius 1 is 1.00 bits per heavy atom. The smallest absolute Gasteiger partial charge is 0.265 e. The van der Waals surface area contributed by atoms with Gasteiger partial charge in [-0.15, -0.1) is 0 Å². The van der Waals surface area contributed by atoms with E-state index in [4.69, 9.17) is 5.14 Å². The molecule has 0 unspecified atom stereocenters. The lowest BCUT2D eigenvalue weighted by molar-refractivity contribution is -0.121. The highest BCUT2D eigenvalue weighted by atomic mass is 32.2. The number of carbonyl (C=O) groups is 1. The van der Waals surface area contributed by atoms with E-state index in [0.717, 1.165) is 11.1 Å². The van der Waals surface area contributed by atoms with E-state index < -0.39 is 10.0 Å². The number of hydrogen-bond acceptors (Lipinski definition) is 5. The molecule has 0 atom stereocenters. The van der Waals surface area contributed by atoms with Gasteiger partial charge in [-0.3, -0.25) is 14.2 Å². The molecule has 174 valence electrons. The minimum absolute atomic E-state index is 0.0130. The lowest BCUT2D eigenvalue weighted by Crippen LogP contribution is -2.27. The largest absolute Gasteiger partial charge is 0.352 e. The summed E-state index contributed by atoms with van der Waals surface area (Å²) >= 11 is 0. The Morgan fingerprint density at radius 3 is 2.35 bits per heavy atom. The van der Waals surface area contributed by atoms with Crippen molar-refractivity contribution in [3.05, 3.63) is 100 Å². The molecule has 3 N–H and O–H groups in total. The molecule has 0 fully saturated rings. The molecule has 1 heterocycles. The van der Waals surface area contributed by atoms with Gasteiger partial charge in [0, 0.05) is 19.4 Å². The van der Waals surface area contributed by atoms with Crippen LogP contribution in [0.3, 0.4) is 0 Å². The Labute approximate surface area is 197 Å². The van der Waals surface area contributed by atoms with E-state index in [0.29, 0.717) is 22.4 Å². The van der Waals surface area contributed by atoms with Crippen LogP contribution in [0, 0.1) is 6.92 Å². The third-order valence-electron chi connectivity index (χ3n) is 5.45. The predicted molar refractivity (Wildman–Crippen MR) is 130 cm³/mol. The maximum absolute atomic E-state index is 13.3. The van der Waals surface area contributed by atoms with Gasteiger partial charge in [-0.25, -0.2) is 18.5 Å². The maximum atomic E-state index is 13.3. The number of aromatic nitrogens is 2. The first-order chi connectivity index (χ1) is 16.2. The zero-order valence-corrected chi connectivity index (χ0v) is 19.4. The number of benzene rings is 3. The highest BCUT2D eigenvalue weighted by Crippen LogP contribution is 2.15. The minimum Gasteiger partial charge on any atom is -0.352 e. The van der Waals surface area contributed by atoms with Crippen LogP contribution in [0.25, 0.3) is 16.6 Å². The summed E-state index contributed by atoms with van der Waals surface area (Å²) in [5.41, 5.74) is 2.91. The number of carbonyl (C=O) groups excluding carboxylic acids is 1. The number of hydrogen-bond donors (Lipinski definition) is 2. The second-order valence-electron chi connectivity index (χ2n) is 7.99. The molecule has 8 nitrogen and oxygen atoms in total. The molecule has 1 aromatic heterocycles. The predicted octanol–water partition coefficient (Wildman–Crippen LogP) is 2.59. The molecule has 0 spiro atoms. The number of sulfonamides is 1. The highest BCUT2D eigenvalue weighted by Gasteiger charge is 2.14. The van der Waals surface area contributed by atoms with Crippen LogP contribution in [0.4, 0.5) is 0 Å². The molecular weight excluding hydrogens is 452 g/mol. The summed E-state index contributed by atoms with van der Waals surface area (Å²) in [7, 11) is -3.76. The van der Waals surface area contributed by atoms with Crippen molar-refractivity contribution in [2.45, 2.75) is 31.2 Å². The van der Waals surface area contributed by atoms with Crippen molar-refractivity contribution < 1.29 is 13.2 Å². The zero-order chi connectivity index (χ0) is 24.3. The Balaban J connectivity index is 1.52. The molecule has 0 radical (unpaired) electrons. The van der Waals surface area contributed by atoms with Gasteiger partial charge in [0.2, 0.25) is 15.9 Å². The summed E-state index contributed by atoms with van der Waals surface area (Å²) in [6.07, 6.45) is 0.399. The van der Waals surface area contributed by atoms with E-state index in [-0.39, 0.29) is 35.7 Å². The van der Waals surface area contributed by atoms with Crippen molar-refractivity contribution in [1.29, 1.82) is 0 Å². The number of amides is 1. The summed E-state index contributed by atoms with van der Waals surface area (Å²) in [5, 5.41) is 8.43. The highest BCUT2D eigenvalue weighted by molar-refractivity contribution is 7.89. The van der Waals surface area contributed by atoms with E-state index in [9.17, 15) is 18.0 Å². The molecule has 0 aliphatic carbocycles. The Bertz CT molecular complexity index is 1510. The van der Waals surface area contributed by atoms with E-state index >= 15 is 0 Å². The molecule has 34 heavy (non-hydrogen) atoms. The first-order valence-corrected chi connectivity index (χ1v) is 12.2. The average Bonchev–Trinajstić information content (AvgIpc) is 2.82. The van der Waals surface area contributed by atoms with Crippen LogP contribution in [0.5, 0.6) is 0 Å². The molecule has 9 heteroatoms. The number of nitrogens with zero attached hydrogens (tertiary/aromatic N) is 2. The third kappa shape index (κ3) is 5.22. The van der Waals surface area contributed by atoms with Crippen molar-refractivity contribution in [3.63, 3.8) is 0 Å². The normalized spacial score (nSPS) is 11.5. The molecule has 0 saturated heterocycles. The lowest BCUT2D eigenvalue weighted by atomic mass is 10.1. The number of nitrogens with two attached hydrogens (primary N) is 1. The first kappa shape index (κ1) is 23.3. The fourth-order valence-corrected chi connectivity index (χ4v) is 4.13. The van der Waals surface area contributed by atoms with Crippen LogP contribution in [-0.2, 0) is 27.8 Å². The Morgan fingerprint density at radius 2 is 1.68 bits per heavy atom. The summed E-state index contributed by atoms with van der Waals surface area (Å²) in [4.78, 5) is 30.5. The molecular formula is C25H24N4O4S. The molecule has 3 aromatic carbocycles. The monoisotopic (exact) mass is 476 g/mol. The van der Waals surface area contributed by atoms with Gasteiger partial charge in [0.05, 0.1) is 21.5 Å². The van der Waals surface area contributed by atoms with Crippen LogP contribution in [-0.4, -0.2) is 23.9 Å². The number of nitrogens with one attached hydrogen (secondary N) is 1. The van der Waals surface area contributed by atoms with Crippen LogP contribution < -0.4 is 16.0 Å². The summed E-state index contributed by atoms with van der Waals surface area (Å²) < 4.78 is 24.3. The van der Waals surface area contributed by atoms with Crippen molar-refractivity contribution in [3.8, 4) is 5.69 Å². The number of para-hydroxylation sites is 1. The van der Waals surface area contributed by atoms with Gasteiger partial charge >= 0.3 is 0 Å². The lowest BCUT2D eigenvalue weighted by Gasteiger charge is -2.14. The van der Waals surface area contributed by atoms with E-state index in [2.05, 4.69) is 10.3 Å². The van der Waals surface area contributed by atoms with Gasteiger partial charge in [0.15, 0.2) is 0 Å². The summed E-state index contributed by atoms with van der Waals surface area (Å²) in [6.45, 7) is 2.21. The molecule has 4 aromatic rings. The Hall–Kier alpha value is -3.82. The van der Waals surface area contributed by atoms with Crippen molar-refractivity contribution >= 4 is 26.8 Å². The topological polar surface area (TPSA) is 124 Å². The van der Waals surface area contributed by atoms with Gasteiger partial charge < -0.3 is 5.32 Å². The van der Waals surface area contributed by atoms with E-state index in [1.165, 1.54) is 12.1 Å². The Kier molecular flexibility index (Phi) is 6.58. The molecule has 1 amide bonds. The summed E-state index contributed by atoms with van der Waals surface area (Å²) in [6, 6.07) is 20.7. The second kappa shape index (κ2) is 9.58. The van der Waals surface area contributed by atoms with Crippen molar-refractivity contribution in [2.75, 3.05) is 0 Å². The van der Waals surface area contributed by atoms with Crippen LogP contribution in [0.15, 0.2) is 82.5 Å². The van der Waals surface area contributed by atoms with Gasteiger partial charge in [-0.05, 0) is 48.9 Å². The maximum Gasteiger partial charge on any atom is 0.265 e. The van der Waals surface area contributed by atoms with Gasteiger partial charge in [0.25, 0.3) is 5.56 Å². The van der Waals surface area contributed by atoms with Gasteiger partial charge in [0.1, 0.15) is 5.82 Å². The van der Waals surface area contributed by atoms with Crippen LogP contribution in [0.2, 0.25) is 0 Å². The summed E-state index contributed by atoms with van der Waals surface area (Å²) in [5.74, 6) is 0.286. The van der Waals surface area contributed by atoms with E-state index in [1.54, 1.807) is 34.9 Å². The number of fused-ring (bicyclic) bond motifs is 1. The van der Waals surface area contributed by atoms with Crippen molar-refractivity contribution in [1.82, 2.24) is 14.9 Å². The fourth-order valence-electron chi connectivity index (χ4n) is 3.62. The van der Waals surface area contributed by atoms with Crippen LogP contribution >= 0.6 is 0 Å². The molecule has 0 bridgehead atoms. The average molecular weight is 477 g/mol. The molecule has 0 saturated carbocycles. The second-order valence-corrected chi connectivity index (χ2v) is 9.55. The minimum atomic E-state index is -3.76. The van der Waals surface area contributed by atoms with E-state index in [1.807, 2.05) is 37.3 Å². The van der Waals surface area contributed by atoms with Gasteiger partial charge in [-0.1, -0.05) is 42.0 Å². The fraction of sp³-hybridized carbons (Fsp3) is 0.160. The molecule has 4 rings (SSSR count). The van der Waals surface area contributed by atoms with Crippen molar-refractivity contribution in [2.24, 2.45) is 5.14 Å². The standard InChI is InChI=1S/C25H24N4O4S/c1-17-6-10-19(11-7-17)29-23(28-22-5-3-2-4-21(22)25(29)31)14-15-24(30)27-16-18-8-12-20(13-9-18)34(26,32)33/h2-13H,14-16H2,1H3,(H,27,30)(H2,26,32,33). The van der Waals surface area contributed by atoms with Crippen LogP contribution in [0.1, 0.15) is 23.4 Å². The zero-order valence-electron chi connectivity index (χ0n) is 18.6. The number of primary sulfonamides is 1. The van der Waals surface area contributed by atoms with Gasteiger partial charge in [-0.2, -0.15) is 0 Å². The number of rotatable bonds is 7. The third-order valence-corrected chi connectivity index (χ3v) is 6.38. The SMILES string of the molecule is Cc1ccc(-n2c(CCC(=O)NCc3ccc(S(N)(=O)=O)cc3)nc3ccccc3c2=O)cc1. The molecule has 0 aliphatic rings. The quantitative estimate of drug-likeness (QED) is 0.424. The number of aryl methyl sites for hydroxylation is 2. The first-order valence-electron chi connectivity index (χ1n) is 10.7.